The molecule has 1 saturated heterocycles. The lowest BCUT2D eigenvalue weighted by molar-refractivity contribution is 0.205. The number of amides is 1. The van der Waals surface area contributed by atoms with Gasteiger partial charge in [0.05, 0.1) is 18.2 Å². The van der Waals surface area contributed by atoms with E-state index in [0.29, 0.717) is 12.5 Å². The van der Waals surface area contributed by atoms with E-state index in [4.69, 9.17) is 15.6 Å². The highest BCUT2D eigenvalue weighted by Gasteiger charge is 2.25. The van der Waals surface area contributed by atoms with Gasteiger partial charge in [0, 0.05) is 36.9 Å². The van der Waals surface area contributed by atoms with Crippen LogP contribution in [0.1, 0.15) is 30.0 Å². The van der Waals surface area contributed by atoms with Crippen molar-refractivity contribution < 1.29 is 14.6 Å². The number of piperidine rings is 1. The first-order chi connectivity index (χ1) is 16.6. The Morgan fingerprint density at radius 1 is 1.21 bits per heavy atom. The van der Waals surface area contributed by atoms with E-state index in [-0.39, 0.29) is 5.84 Å². The molecule has 34 heavy (non-hydrogen) atoms. The van der Waals surface area contributed by atoms with Gasteiger partial charge in [0.1, 0.15) is 11.6 Å². The number of rotatable bonds is 5. The minimum Gasteiger partial charge on any atom is -0.493 e. The first-order valence-corrected chi connectivity index (χ1v) is 11.7. The molecule has 3 aromatic rings. The molecular formula is C26H29N5O3. The van der Waals surface area contributed by atoms with Crippen molar-refractivity contribution in [2.75, 3.05) is 31.1 Å². The topological polar surface area (TPSA) is 113 Å². The number of benzene rings is 2. The first-order valence-electron chi connectivity index (χ1n) is 11.7. The lowest BCUT2D eigenvalue weighted by atomic mass is 9.93. The smallest absolute Gasteiger partial charge is 0.432 e. The molecule has 2 aliphatic rings. The highest BCUT2D eigenvalue weighted by atomic mass is 16.5. The van der Waals surface area contributed by atoms with E-state index in [0.717, 1.165) is 61.3 Å². The van der Waals surface area contributed by atoms with Crippen LogP contribution in [-0.4, -0.2) is 48.3 Å². The molecule has 1 unspecified atom stereocenters. The highest BCUT2D eigenvalue weighted by Crippen LogP contribution is 2.31. The number of amidine groups is 1. The van der Waals surface area contributed by atoms with E-state index in [1.807, 2.05) is 30.5 Å². The van der Waals surface area contributed by atoms with Crippen molar-refractivity contribution in [1.82, 2.24) is 10.3 Å². The maximum atomic E-state index is 11.0. The molecule has 2 aliphatic heterocycles. The van der Waals surface area contributed by atoms with Crippen LogP contribution in [0.5, 0.6) is 5.75 Å². The second-order valence-corrected chi connectivity index (χ2v) is 8.91. The Balaban J connectivity index is 1.22. The van der Waals surface area contributed by atoms with Crippen molar-refractivity contribution in [3.8, 4) is 5.75 Å². The molecule has 0 aliphatic carbocycles. The third-order valence-corrected chi connectivity index (χ3v) is 6.76. The molecule has 1 fully saturated rings. The van der Waals surface area contributed by atoms with Gasteiger partial charge in [0.25, 0.3) is 0 Å². The summed E-state index contributed by atoms with van der Waals surface area (Å²) >= 11 is 0. The largest absolute Gasteiger partial charge is 0.493 e. The predicted molar refractivity (Wildman–Crippen MR) is 133 cm³/mol. The molecule has 8 nitrogen and oxygen atoms in total. The average Bonchev–Trinajstić information content (AvgIpc) is 2.86. The Labute approximate surface area is 198 Å². The summed E-state index contributed by atoms with van der Waals surface area (Å²) in [6.45, 7) is 3.35. The number of para-hydroxylation sites is 1. The van der Waals surface area contributed by atoms with Gasteiger partial charge in [-0.15, -0.1) is 0 Å². The molecule has 0 radical (unpaired) electrons. The normalized spacial score (nSPS) is 19.1. The molecule has 5 rings (SSSR count). The van der Waals surface area contributed by atoms with E-state index in [9.17, 15) is 4.79 Å². The Hall–Kier alpha value is -3.65. The van der Waals surface area contributed by atoms with E-state index in [1.54, 1.807) is 0 Å². The van der Waals surface area contributed by atoms with Gasteiger partial charge < -0.3 is 25.8 Å². The number of nitrogens with one attached hydrogen (secondary N) is 1. The monoisotopic (exact) mass is 459 g/mol. The van der Waals surface area contributed by atoms with Crippen LogP contribution < -0.4 is 20.7 Å². The maximum Gasteiger partial charge on any atom is 0.432 e. The SMILES string of the molecule is NC(=NC(=O)O)C1NCCc2ccc(OCC3CCN(c4ccnc5ccccc45)CC3)cc21. The van der Waals surface area contributed by atoms with Crippen molar-refractivity contribution in [3.63, 3.8) is 0 Å². The molecule has 1 atom stereocenters. The standard InChI is InChI=1S/C26H29N5O3/c27-25(30-26(32)33)24-21-15-19(6-5-18(21)7-11-29-24)34-16-17-9-13-31(14-10-17)23-8-12-28-22-4-2-1-3-20(22)23/h1-6,8,12,15,17,24,29H,7,9-11,13-14,16H2,(H2,27,30)(H,32,33). The Kier molecular flexibility index (Phi) is 6.31. The second kappa shape index (κ2) is 9.69. The summed E-state index contributed by atoms with van der Waals surface area (Å²) in [5.74, 6) is 1.31. The lowest BCUT2D eigenvalue weighted by Gasteiger charge is -2.34. The van der Waals surface area contributed by atoms with Gasteiger partial charge in [-0.3, -0.25) is 4.98 Å². The van der Waals surface area contributed by atoms with Gasteiger partial charge in [-0.1, -0.05) is 24.3 Å². The number of anilines is 1. The summed E-state index contributed by atoms with van der Waals surface area (Å²) in [5.41, 5.74) is 10.3. The fourth-order valence-electron chi connectivity index (χ4n) is 4.97. The summed E-state index contributed by atoms with van der Waals surface area (Å²) in [6.07, 6.45) is 3.58. The van der Waals surface area contributed by atoms with Crippen molar-refractivity contribution >= 4 is 28.5 Å². The molecule has 1 amide bonds. The summed E-state index contributed by atoms with van der Waals surface area (Å²) in [5, 5.41) is 13.4. The number of pyridine rings is 1. The van der Waals surface area contributed by atoms with Crippen LogP contribution in [0.2, 0.25) is 0 Å². The summed E-state index contributed by atoms with van der Waals surface area (Å²) in [6, 6.07) is 16.0. The van der Waals surface area contributed by atoms with Crippen molar-refractivity contribution in [2.24, 2.45) is 16.6 Å². The third-order valence-electron chi connectivity index (χ3n) is 6.76. The van der Waals surface area contributed by atoms with Crippen LogP contribution in [0.25, 0.3) is 10.9 Å². The van der Waals surface area contributed by atoms with Crippen LogP contribution in [0.15, 0.2) is 59.7 Å². The Morgan fingerprint density at radius 2 is 2.03 bits per heavy atom. The number of hydrogen-bond donors (Lipinski definition) is 3. The third kappa shape index (κ3) is 4.68. The van der Waals surface area contributed by atoms with E-state index >= 15 is 0 Å². The van der Waals surface area contributed by atoms with Crippen LogP contribution in [0, 0.1) is 5.92 Å². The zero-order valence-electron chi connectivity index (χ0n) is 19.0. The number of nitrogens with zero attached hydrogens (tertiary/aromatic N) is 3. The van der Waals surface area contributed by atoms with Crippen LogP contribution >= 0.6 is 0 Å². The van der Waals surface area contributed by atoms with Gasteiger partial charge in [-0.05, 0) is 60.6 Å². The average molecular weight is 460 g/mol. The molecule has 1 aromatic heterocycles. The quantitative estimate of drug-likeness (QED) is 0.393. The molecule has 4 N–H and O–H groups in total. The molecule has 3 heterocycles. The predicted octanol–water partition coefficient (Wildman–Crippen LogP) is 3.75. The zero-order chi connectivity index (χ0) is 23.5. The van der Waals surface area contributed by atoms with E-state index in [2.05, 4.69) is 44.5 Å². The number of aromatic nitrogens is 1. The fourth-order valence-corrected chi connectivity index (χ4v) is 4.97. The second-order valence-electron chi connectivity index (χ2n) is 8.91. The number of ether oxygens (including phenoxy) is 1. The number of carbonyl (C=O) groups is 1. The highest BCUT2D eigenvalue weighted by molar-refractivity contribution is 5.94. The Bertz CT molecular complexity index is 1210. The van der Waals surface area contributed by atoms with Crippen molar-refractivity contribution in [2.45, 2.75) is 25.3 Å². The number of aliphatic imine (C=N–C) groups is 1. The molecule has 0 spiro atoms. The molecule has 8 heteroatoms. The van der Waals surface area contributed by atoms with E-state index < -0.39 is 12.1 Å². The summed E-state index contributed by atoms with van der Waals surface area (Å²) < 4.78 is 6.18. The summed E-state index contributed by atoms with van der Waals surface area (Å²) in [7, 11) is 0. The van der Waals surface area contributed by atoms with Gasteiger partial charge in [0.2, 0.25) is 0 Å². The molecule has 2 aromatic carbocycles. The van der Waals surface area contributed by atoms with Crippen molar-refractivity contribution in [1.29, 1.82) is 0 Å². The summed E-state index contributed by atoms with van der Waals surface area (Å²) in [4.78, 5) is 21.4. The first kappa shape index (κ1) is 22.2. The van der Waals surface area contributed by atoms with Crippen LogP contribution in [0.4, 0.5) is 10.5 Å². The molecule has 176 valence electrons. The van der Waals surface area contributed by atoms with Crippen LogP contribution in [-0.2, 0) is 6.42 Å². The molecular weight excluding hydrogens is 430 g/mol. The number of hydrogen-bond acceptors (Lipinski definition) is 5. The molecule has 0 bridgehead atoms. The minimum atomic E-state index is -1.29. The number of nitrogens with two attached hydrogens (primary N) is 1. The van der Waals surface area contributed by atoms with Gasteiger partial charge in [-0.25, -0.2) is 4.79 Å². The molecule has 0 saturated carbocycles. The van der Waals surface area contributed by atoms with Gasteiger partial charge in [0.15, 0.2) is 0 Å². The van der Waals surface area contributed by atoms with Crippen molar-refractivity contribution in [3.05, 3.63) is 65.9 Å². The van der Waals surface area contributed by atoms with E-state index in [1.165, 1.54) is 11.1 Å². The minimum absolute atomic E-state index is 0.0570. The van der Waals surface area contributed by atoms with Gasteiger partial charge >= 0.3 is 6.09 Å². The lowest BCUT2D eigenvalue weighted by Crippen LogP contribution is -2.39. The van der Waals surface area contributed by atoms with Crippen LogP contribution in [0.3, 0.4) is 0 Å². The number of fused-ring (bicyclic) bond motifs is 2. The Morgan fingerprint density at radius 3 is 2.85 bits per heavy atom. The zero-order valence-corrected chi connectivity index (χ0v) is 19.0. The van der Waals surface area contributed by atoms with Gasteiger partial charge in [-0.2, -0.15) is 4.99 Å². The number of carboxylic acid groups (broad SMARTS) is 1. The maximum absolute atomic E-state index is 11.0. The fraction of sp³-hybridized carbons (Fsp3) is 0.346.